The van der Waals surface area contributed by atoms with Gasteiger partial charge in [-0.3, -0.25) is 0 Å². The third-order valence-corrected chi connectivity index (χ3v) is 2.87. The Hall–Kier alpha value is -1.89. The fourth-order valence-corrected chi connectivity index (χ4v) is 1.87. The molecule has 0 amide bonds. The average Bonchev–Trinajstić information content (AvgIpc) is 2.46. The molecule has 6 nitrogen and oxygen atoms in total. The first kappa shape index (κ1) is 13.5. The fraction of sp³-hybridized carbons (Fsp3) is 0.333. The summed E-state index contributed by atoms with van der Waals surface area (Å²) in [5.41, 5.74) is 0.872. The van der Waals surface area contributed by atoms with Crippen LogP contribution in [0.15, 0.2) is 29.6 Å². The van der Waals surface area contributed by atoms with Crippen LogP contribution in [0, 0.1) is 0 Å². The van der Waals surface area contributed by atoms with E-state index in [-0.39, 0.29) is 0 Å². The molecular formula is C12H16N6S. The van der Waals surface area contributed by atoms with Crippen LogP contribution in [0.1, 0.15) is 12.6 Å². The van der Waals surface area contributed by atoms with Crippen LogP contribution in [0.25, 0.3) is 0 Å². The van der Waals surface area contributed by atoms with Crippen molar-refractivity contribution in [3.8, 4) is 0 Å². The summed E-state index contributed by atoms with van der Waals surface area (Å²) in [6.07, 6.45) is 3.61. The molecule has 0 bridgehead atoms. The van der Waals surface area contributed by atoms with Gasteiger partial charge >= 0.3 is 0 Å². The zero-order chi connectivity index (χ0) is 13.5. The molecule has 0 radical (unpaired) electrons. The van der Waals surface area contributed by atoms with Crippen LogP contribution in [0.4, 0.5) is 11.6 Å². The molecule has 0 aliphatic rings. The number of anilines is 2. The van der Waals surface area contributed by atoms with Crippen molar-refractivity contribution < 1.29 is 0 Å². The molecule has 2 heterocycles. The second-order valence-electron chi connectivity index (χ2n) is 3.72. The molecule has 0 aromatic carbocycles. The van der Waals surface area contributed by atoms with Crippen molar-refractivity contribution in [1.29, 1.82) is 0 Å². The van der Waals surface area contributed by atoms with E-state index in [1.807, 2.05) is 31.4 Å². The number of hydrogen-bond donors (Lipinski definition) is 2. The van der Waals surface area contributed by atoms with Crippen molar-refractivity contribution in [2.24, 2.45) is 0 Å². The number of rotatable bonds is 6. The Labute approximate surface area is 116 Å². The Morgan fingerprint density at radius 1 is 1.21 bits per heavy atom. The van der Waals surface area contributed by atoms with E-state index in [2.05, 4.69) is 30.8 Å². The smallest absolute Gasteiger partial charge is 0.191 e. The maximum absolute atomic E-state index is 4.40. The first-order chi connectivity index (χ1) is 9.31. The second-order valence-corrected chi connectivity index (χ2v) is 4.50. The lowest BCUT2D eigenvalue weighted by atomic mass is 10.4. The molecule has 0 saturated heterocycles. The minimum Gasteiger partial charge on any atom is -0.370 e. The summed E-state index contributed by atoms with van der Waals surface area (Å²) >= 11 is 1.51. The van der Waals surface area contributed by atoms with Gasteiger partial charge in [-0.05, 0) is 25.3 Å². The second kappa shape index (κ2) is 6.89. The van der Waals surface area contributed by atoms with Crippen LogP contribution in [-0.2, 0) is 6.54 Å². The van der Waals surface area contributed by atoms with Crippen LogP contribution in [-0.4, -0.2) is 33.0 Å². The van der Waals surface area contributed by atoms with E-state index in [4.69, 9.17) is 0 Å². The quantitative estimate of drug-likeness (QED) is 0.617. The molecule has 0 saturated carbocycles. The summed E-state index contributed by atoms with van der Waals surface area (Å²) in [5.74, 6) is 1.60. The van der Waals surface area contributed by atoms with Gasteiger partial charge in [-0.15, -0.1) is 0 Å². The first-order valence-corrected chi connectivity index (χ1v) is 7.21. The molecule has 0 atom stereocenters. The summed E-state index contributed by atoms with van der Waals surface area (Å²) in [4.78, 5) is 8.77. The van der Waals surface area contributed by atoms with Crippen LogP contribution in [0.3, 0.4) is 0 Å². The fourth-order valence-electron chi connectivity index (χ4n) is 1.49. The lowest BCUT2D eigenvalue weighted by Gasteiger charge is -2.09. The highest BCUT2D eigenvalue weighted by atomic mass is 32.2. The molecule has 2 aromatic rings. The molecule has 0 aliphatic heterocycles. The van der Waals surface area contributed by atoms with Gasteiger partial charge in [0.15, 0.2) is 5.16 Å². The van der Waals surface area contributed by atoms with Gasteiger partial charge in [0.1, 0.15) is 11.6 Å². The van der Waals surface area contributed by atoms with Gasteiger partial charge < -0.3 is 10.6 Å². The maximum atomic E-state index is 4.40. The first-order valence-electron chi connectivity index (χ1n) is 5.99. The van der Waals surface area contributed by atoms with E-state index in [0.717, 1.165) is 29.0 Å². The number of nitrogens with one attached hydrogen (secondary N) is 2. The van der Waals surface area contributed by atoms with Crippen LogP contribution in [0.2, 0.25) is 0 Å². The van der Waals surface area contributed by atoms with E-state index >= 15 is 0 Å². The van der Waals surface area contributed by atoms with Crippen LogP contribution >= 0.6 is 11.8 Å². The number of hydrogen-bond acceptors (Lipinski definition) is 7. The summed E-state index contributed by atoms with van der Waals surface area (Å²) in [6.45, 7) is 3.45. The molecule has 2 N–H and O–H groups in total. The average molecular weight is 276 g/mol. The van der Waals surface area contributed by atoms with Crippen LogP contribution in [0.5, 0.6) is 0 Å². The van der Waals surface area contributed by atoms with Gasteiger partial charge in [0.2, 0.25) is 0 Å². The third-order valence-electron chi connectivity index (χ3n) is 2.32. The minimum atomic E-state index is 0.588. The van der Waals surface area contributed by atoms with E-state index < -0.39 is 0 Å². The van der Waals surface area contributed by atoms with Crippen molar-refractivity contribution in [2.45, 2.75) is 18.6 Å². The SMILES string of the molecule is CCNc1cc(NCc2cccnn2)nc(SC)n1. The molecule has 0 aliphatic carbocycles. The largest absolute Gasteiger partial charge is 0.370 e. The van der Waals surface area contributed by atoms with Gasteiger partial charge in [-0.2, -0.15) is 10.2 Å². The zero-order valence-corrected chi connectivity index (χ0v) is 11.7. The van der Waals surface area contributed by atoms with Crippen molar-refractivity contribution >= 4 is 23.4 Å². The Bertz CT molecular complexity index is 519. The number of nitrogens with zero attached hydrogens (tertiary/aromatic N) is 4. The van der Waals surface area contributed by atoms with E-state index in [9.17, 15) is 0 Å². The molecule has 0 fully saturated rings. The van der Waals surface area contributed by atoms with Gasteiger partial charge in [-0.25, -0.2) is 9.97 Å². The van der Waals surface area contributed by atoms with E-state index in [1.165, 1.54) is 11.8 Å². The van der Waals surface area contributed by atoms with Crippen molar-refractivity contribution in [3.63, 3.8) is 0 Å². The third kappa shape index (κ3) is 4.06. The van der Waals surface area contributed by atoms with Gasteiger partial charge in [0.25, 0.3) is 0 Å². The predicted molar refractivity (Wildman–Crippen MR) is 77.3 cm³/mol. The topological polar surface area (TPSA) is 75.6 Å². The van der Waals surface area contributed by atoms with Crippen molar-refractivity contribution in [3.05, 3.63) is 30.1 Å². The highest BCUT2D eigenvalue weighted by Gasteiger charge is 2.03. The highest BCUT2D eigenvalue weighted by molar-refractivity contribution is 7.98. The Kier molecular flexibility index (Phi) is 4.91. The Balaban J connectivity index is 2.08. The molecule has 2 rings (SSSR count). The van der Waals surface area contributed by atoms with Crippen molar-refractivity contribution in [1.82, 2.24) is 20.2 Å². The lowest BCUT2D eigenvalue weighted by Crippen LogP contribution is -2.07. The summed E-state index contributed by atoms with van der Waals surface area (Å²) in [7, 11) is 0. The standard InChI is InChI=1S/C12H16N6S/c1-3-13-10-7-11(17-12(16-10)19-2)14-8-9-5-4-6-15-18-9/h4-7H,3,8H2,1-2H3,(H2,13,14,16,17). The molecule has 19 heavy (non-hydrogen) atoms. The molecule has 0 spiro atoms. The summed E-state index contributed by atoms with van der Waals surface area (Å²) in [5, 5.41) is 15.0. The highest BCUT2D eigenvalue weighted by Crippen LogP contribution is 2.17. The Morgan fingerprint density at radius 3 is 2.63 bits per heavy atom. The molecule has 7 heteroatoms. The minimum absolute atomic E-state index is 0.588. The molecular weight excluding hydrogens is 260 g/mol. The molecule has 100 valence electrons. The molecule has 0 unspecified atom stereocenters. The van der Waals surface area contributed by atoms with Gasteiger partial charge in [-0.1, -0.05) is 11.8 Å². The monoisotopic (exact) mass is 276 g/mol. The predicted octanol–water partition coefficient (Wildman–Crippen LogP) is 2.03. The lowest BCUT2D eigenvalue weighted by molar-refractivity contribution is 0.904. The summed E-state index contributed by atoms with van der Waals surface area (Å²) < 4.78 is 0. The van der Waals surface area contributed by atoms with E-state index in [1.54, 1.807) is 6.20 Å². The van der Waals surface area contributed by atoms with Gasteiger partial charge in [0.05, 0.1) is 12.2 Å². The van der Waals surface area contributed by atoms with Gasteiger partial charge in [0, 0.05) is 18.8 Å². The number of aromatic nitrogens is 4. The van der Waals surface area contributed by atoms with Crippen molar-refractivity contribution in [2.75, 3.05) is 23.4 Å². The van der Waals surface area contributed by atoms with E-state index in [0.29, 0.717) is 6.54 Å². The number of thioether (sulfide) groups is 1. The zero-order valence-electron chi connectivity index (χ0n) is 10.9. The maximum Gasteiger partial charge on any atom is 0.191 e. The Morgan fingerprint density at radius 2 is 2.00 bits per heavy atom. The normalized spacial score (nSPS) is 10.2. The van der Waals surface area contributed by atoms with Crippen LogP contribution < -0.4 is 10.6 Å². The molecule has 2 aromatic heterocycles. The summed E-state index contributed by atoms with van der Waals surface area (Å²) in [6, 6.07) is 5.67.